The molecule has 3 atom stereocenters. The third-order valence-electron chi connectivity index (χ3n) is 6.99. The van der Waals surface area contributed by atoms with Crippen LogP contribution in [-0.4, -0.2) is 27.0 Å². The molecular formula is C26H22F3N3O5. The molecule has 0 radical (unpaired) electrons. The van der Waals surface area contributed by atoms with Crippen LogP contribution < -0.4 is 5.32 Å². The average molecular weight is 513 g/mol. The first-order valence-corrected chi connectivity index (χ1v) is 11.4. The van der Waals surface area contributed by atoms with Gasteiger partial charge in [0, 0.05) is 13.0 Å². The molecule has 2 aromatic carbocycles. The summed E-state index contributed by atoms with van der Waals surface area (Å²) in [5.74, 6) is -1.04. The molecule has 1 fully saturated rings. The van der Waals surface area contributed by atoms with E-state index >= 15 is 0 Å². The molecule has 1 amide bonds. The maximum atomic E-state index is 13.5. The van der Waals surface area contributed by atoms with Crippen molar-refractivity contribution >= 4 is 6.09 Å². The lowest BCUT2D eigenvalue weighted by Crippen LogP contribution is -2.39. The van der Waals surface area contributed by atoms with Crippen molar-refractivity contribution in [2.24, 2.45) is 0 Å². The Morgan fingerprint density at radius 2 is 1.86 bits per heavy atom. The first-order valence-electron chi connectivity index (χ1n) is 11.4. The van der Waals surface area contributed by atoms with E-state index in [9.17, 15) is 28.2 Å². The van der Waals surface area contributed by atoms with Gasteiger partial charge in [-0.25, -0.2) is 4.79 Å². The lowest BCUT2D eigenvalue weighted by molar-refractivity contribution is -0.137. The monoisotopic (exact) mass is 513 g/mol. The molecule has 0 saturated carbocycles. The van der Waals surface area contributed by atoms with E-state index < -0.39 is 52.5 Å². The van der Waals surface area contributed by atoms with Crippen molar-refractivity contribution in [3.63, 3.8) is 0 Å². The molecule has 1 aromatic heterocycles. The highest BCUT2D eigenvalue weighted by molar-refractivity contribution is 5.69. The number of carbonyl (C=O) groups excluding carboxylic acids is 1. The predicted molar refractivity (Wildman–Crippen MR) is 123 cm³/mol. The lowest BCUT2D eigenvalue weighted by atomic mass is 9.78. The zero-order valence-electron chi connectivity index (χ0n) is 19.8. The van der Waals surface area contributed by atoms with E-state index in [0.29, 0.717) is 6.07 Å². The van der Waals surface area contributed by atoms with Gasteiger partial charge in [-0.3, -0.25) is 4.57 Å². The van der Waals surface area contributed by atoms with E-state index in [4.69, 9.17) is 14.7 Å². The number of hydrogen-bond acceptors (Lipinski definition) is 6. The van der Waals surface area contributed by atoms with E-state index in [1.54, 1.807) is 13.8 Å². The van der Waals surface area contributed by atoms with Crippen LogP contribution in [0.3, 0.4) is 0 Å². The number of amides is 1. The molecule has 8 nitrogen and oxygen atoms in total. The molecule has 37 heavy (non-hydrogen) atoms. The van der Waals surface area contributed by atoms with Crippen LogP contribution in [-0.2, 0) is 33.4 Å². The van der Waals surface area contributed by atoms with Gasteiger partial charge in [0.05, 0.1) is 34.0 Å². The predicted octanol–water partition coefficient (Wildman–Crippen LogP) is 4.94. The maximum absolute atomic E-state index is 13.5. The minimum Gasteiger partial charge on any atom is -0.494 e. The number of nitrogens with zero attached hydrogens (tertiary/aromatic N) is 2. The zero-order valence-corrected chi connectivity index (χ0v) is 19.8. The quantitative estimate of drug-likeness (QED) is 0.455. The first kappa shape index (κ1) is 24.5. The van der Waals surface area contributed by atoms with Gasteiger partial charge in [-0.2, -0.15) is 18.4 Å². The van der Waals surface area contributed by atoms with Gasteiger partial charge in [-0.1, -0.05) is 30.3 Å². The number of nitriles is 1. The number of rotatable bonds is 4. The Morgan fingerprint density at radius 3 is 2.51 bits per heavy atom. The second kappa shape index (κ2) is 8.18. The van der Waals surface area contributed by atoms with Gasteiger partial charge < -0.3 is 25.0 Å². The summed E-state index contributed by atoms with van der Waals surface area (Å²) in [4.78, 5) is 12.5. The molecule has 3 heterocycles. The topological polar surface area (TPSA) is 117 Å². The molecule has 2 aliphatic heterocycles. The number of alkyl halides is 3. The molecule has 0 spiro atoms. The van der Waals surface area contributed by atoms with Gasteiger partial charge in [0.1, 0.15) is 17.3 Å². The molecule has 2 bridgehead atoms. The summed E-state index contributed by atoms with van der Waals surface area (Å²) in [7, 11) is 0. The smallest absolute Gasteiger partial charge is 0.417 e. The fourth-order valence-corrected chi connectivity index (χ4v) is 5.35. The van der Waals surface area contributed by atoms with Crippen molar-refractivity contribution in [2.45, 2.75) is 50.3 Å². The molecule has 3 N–H and O–H groups in total. The van der Waals surface area contributed by atoms with Gasteiger partial charge in [0.15, 0.2) is 0 Å². The van der Waals surface area contributed by atoms with Crippen molar-refractivity contribution in [2.75, 3.05) is 0 Å². The number of carbonyl (C=O) groups is 1. The fraction of sp³-hybridized carbons (Fsp3) is 0.308. The van der Waals surface area contributed by atoms with Crippen molar-refractivity contribution in [3.8, 4) is 23.5 Å². The molecule has 3 aromatic rings. The fourth-order valence-electron chi connectivity index (χ4n) is 5.35. The van der Waals surface area contributed by atoms with Crippen LogP contribution in [0, 0.1) is 11.3 Å². The Bertz CT molecular complexity index is 1450. The van der Waals surface area contributed by atoms with Crippen LogP contribution in [0.25, 0.3) is 5.69 Å². The number of alkyl carbamates (subject to hydrolysis) is 1. The van der Waals surface area contributed by atoms with Crippen LogP contribution >= 0.6 is 0 Å². The third-order valence-corrected chi connectivity index (χ3v) is 6.99. The number of halogens is 3. The van der Waals surface area contributed by atoms with Crippen LogP contribution in [0.15, 0.2) is 48.5 Å². The minimum atomic E-state index is -4.83. The highest BCUT2D eigenvalue weighted by Gasteiger charge is 2.66. The molecule has 192 valence electrons. The van der Waals surface area contributed by atoms with Crippen LogP contribution in [0.2, 0.25) is 0 Å². The maximum Gasteiger partial charge on any atom is 0.417 e. The SMILES string of the molecule is CC12C[C@@H](OC(=O)NCc3ccccc3)C(C)(O1)c1c2c(O)n(-c2ccc(C#N)c(C(F)(F)F)c2)c1O. The first-order chi connectivity index (χ1) is 17.4. The Balaban J connectivity index is 1.48. The lowest BCUT2D eigenvalue weighted by Gasteiger charge is -2.29. The van der Waals surface area contributed by atoms with Crippen molar-refractivity contribution in [1.29, 1.82) is 5.26 Å². The number of benzene rings is 2. The number of nitrogens with one attached hydrogen (secondary N) is 1. The molecule has 2 unspecified atom stereocenters. The van der Waals surface area contributed by atoms with Gasteiger partial charge >= 0.3 is 12.3 Å². The molecule has 5 rings (SSSR count). The molecule has 11 heteroatoms. The normalized spacial score (nSPS) is 23.9. The van der Waals surface area contributed by atoms with Gasteiger partial charge in [0.25, 0.3) is 0 Å². The highest BCUT2D eigenvalue weighted by atomic mass is 19.4. The zero-order chi connectivity index (χ0) is 26.8. The van der Waals surface area contributed by atoms with Crippen LogP contribution in [0.1, 0.15) is 48.1 Å². The summed E-state index contributed by atoms with van der Waals surface area (Å²) in [6.07, 6.45) is -6.24. The van der Waals surface area contributed by atoms with Crippen molar-refractivity contribution < 1.29 is 37.7 Å². The second-order valence-corrected chi connectivity index (χ2v) is 9.45. The number of aromatic nitrogens is 1. The third kappa shape index (κ3) is 3.76. The summed E-state index contributed by atoms with van der Waals surface area (Å²) in [5.41, 5.74) is -3.35. The highest BCUT2D eigenvalue weighted by Crippen LogP contribution is 2.65. The Labute approximate surface area is 209 Å². The largest absolute Gasteiger partial charge is 0.494 e. The summed E-state index contributed by atoms with van der Waals surface area (Å²) >= 11 is 0. The van der Waals surface area contributed by atoms with E-state index in [1.165, 1.54) is 12.1 Å². The van der Waals surface area contributed by atoms with E-state index in [2.05, 4.69) is 5.32 Å². The number of hydrogen-bond donors (Lipinski definition) is 3. The number of aromatic hydroxyl groups is 2. The van der Waals surface area contributed by atoms with Gasteiger partial charge in [-0.05, 0) is 37.6 Å². The van der Waals surface area contributed by atoms with Crippen LogP contribution in [0.5, 0.6) is 11.8 Å². The molecular weight excluding hydrogens is 491 g/mol. The standard InChI is InChI=1S/C26H22F3N3O5/c1-24-11-18(36-23(35)31-13-14-6-4-3-5-7-14)25(2,37-24)20-19(24)21(33)32(22(20)34)16-9-8-15(12-30)17(10-16)26(27,28)29/h3-10,18,33-34H,11,13H2,1-2H3,(H,31,35)/t18-,24?,25?/m1/s1. The van der Waals surface area contributed by atoms with E-state index in [0.717, 1.165) is 16.2 Å². The summed E-state index contributed by atoms with van der Waals surface area (Å²) in [5, 5.41) is 33.9. The average Bonchev–Trinajstić information content (AvgIpc) is 3.37. The summed E-state index contributed by atoms with van der Waals surface area (Å²) < 4.78 is 53.2. The van der Waals surface area contributed by atoms with Crippen LogP contribution in [0.4, 0.5) is 18.0 Å². The second-order valence-electron chi connectivity index (χ2n) is 9.45. The van der Waals surface area contributed by atoms with Crippen molar-refractivity contribution in [1.82, 2.24) is 9.88 Å². The molecule has 2 aliphatic rings. The van der Waals surface area contributed by atoms with Crippen molar-refractivity contribution in [3.05, 3.63) is 76.3 Å². The summed E-state index contributed by atoms with van der Waals surface area (Å²) in [6.45, 7) is 3.46. The van der Waals surface area contributed by atoms with E-state index in [1.807, 2.05) is 30.3 Å². The Kier molecular flexibility index (Phi) is 5.42. The summed E-state index contributed by atoms with van der Waals surface area (Å²) in [6, 6.07) is 13.6. The van der Waals surface area contributed by atoms with Gasteiger partial charge in [0.2, 0.25) is 11.8 Å². The minimum absolute atomic E-state index is 0.123. The Hall–Kier alpha value is -4.17. The van der Waals surface area contributed by atoms with Gasteiger partial charge in [-0.15, -0.1) is 0 Å². The number of fused-ring (bicyclic) bond motifs is 5. The molecule has 0 aliphatic carbocycles. The number of ether oxygens (including phenoxy) is 2. The van der Waals surface area contributed by atoms with E-state index in [-0.39, 0.29) is 29.8 Å². The molecule has 1 saturated heterocycles. The Morgan fingerprint density at radius 1 is 1.19 bits per heavy atom.